The van der Waals surface area contributed by atoms with Crippen LogP contribution >= 0.6 is 0 Å². The number of aromatic nitrogens is 2. The highest BCUT2D eigenvalue weighted by molar-refractivity contribution is 5.67. The minimum Gasteiger partial charge on any atom is -0.481 e. The molecule has 1 N–H and O–H groups in total. The van der Waals surface area contributed by atoms with Crippen molar-refractivity contribution in [3.63, 3.8) is 0 Å². The van der Waals surface area contributed by atoms with Crippen LogP contribution in [0.4, 0.5) is 14.5 Å². The Morgan fingerprint density at radius 3 is 2.63 bits per heavy atom. The lowest BCUT2D eigenvalue weighted by molar-refractivity contribution is -0.137. The summed E-state index contributed by atoms with van der Waals surface area (Å²) in [6, 6.07) is 3.97. The van der Waals surface area contributed by atoms with Crippen LogP contribution in [0.2, 0.25) is 0 Å². The Labute approximate surface area is 155 Å². The number of nitrogens with zero attached hydrogens (tertiary/aromatic N) is 3. The quantitative estimate of drug-likeness (QED) is 0.757. The molecule has 27 heavy (non-hydrogen) atoms. The molecule has 144 valence electrons. The summed E-state index contributed by atoms with van der Waals surface area (Å²) < 4.78 is 34.7. The van der Waals surface area contributed by atoms with Gasteiger partial charge in [-0.05, 0) is 37.8 Å². The van der Waals surface area contributed by atoms with Gasteiger partial charge in [-0.3, -0.25) is 4.79 Å². The second-order valence-electron chi connectivity index (χ2n) is 6.60. The highest BCUT2D eigenvalue weighted by Gasteiger charge is 2.21. The zero-order valence-corrected chi connectivity index (χ0v) is 15.0. The molecule has 1 aromatic heterocycles. The number of rotatable bonds is 8. The molecule has 6 nitrogen and oxygen atoms in total. The van der Waals surface area contributed by atoms with Crippen molar-refractivity contribution in [1.82, 2.24) is 9.97 Å². The van der Waals surface area contributed by atoms with Gasteiger partial charge in [0.2, 0.25) is 5.88 Å². The summed E-state index contributed by atoms with van der Waals surface area (Å²) in [7, 11) is 1.52. The van der Waals surface area contributed by atoms with Gasteiger partial charge in [0, 0.05) is 37.8 Å². The molecular formula is C19H21F2N3O3. The molecule has 0 radical (unpaired) electrons. The highest BCUT2D eigenvalue weighted by Crippen LogP contribution is 2.29. The second-order valence-corrected chi connectivity index (χ2v) is 6.60. The molecule has 2 aromatic rings. The van der Waals surface area contributed by atoms with Crippen LogP contribution in [-0.2, 0) is 4.79 Å². The van der Waals surface area contributed by atoms with Gasteiger partial charge in [-0.2, -0.15) is 4.98 Å². The molecule has 0 bridgehead atoms. The van der Waals surface area contributed by atoms with Gasteiger partial charge < -0.3 is 14.7 Å². The van der Waals surface area contributed by atoms with Gasteiger partial charge in [-0.1, -0.05) is 0 Å². The molecule has 1 aromatic carbocycles. The summed E-state index contributed by atoms with van der Waals surface area (Å²) in [5.74, 6) is -1.88. The van der Waals surface area contributed by atoms with Crippen molar-refractivity contribution in [2.75, 3.05) is 18.5 Å². The van der Waals surface area contributed by atoms with Crippen LogP contribution in [0, 0.1) is 11.6 Å². The van der Waals surface area contributed by atoms with Crippen molar-refractivity contribution in [2.24, 2.45) is 0 Å². The number of halogens is 2. The van der Waals surface area contributed by atoms with Gasteiger partial charge >= 0.3 is 5.97 Å². The first kappa shape index (κ1) is 19.0. The van der Waals surface area contributed by atoms with E-state index in [0.29, 0.717) is 5.88 Å². The van der Waals surface area contributed by atoms with E-state index in [1.165, 1.54) is 30.3 Å². The number of benzene rings is 1. The van der Waals surface area contributed by atoms with E-state index in [-0.39, 0.29) is 42.6 Å². The van der Waals surface area contributed by atoms with Crippen LogP contribution in [-0.4, -0.2) is 40.7 Å². The average Bonchev–Trinajstić information content (AvgIpc) is 2.57. The number of carboxylic acid groups (broad SMARTS) is 1. The lowest BCUT2D eigenvalue weighted by Gasteiger charge is -2.25. The van der Waals surface area contributed by atoms with Crippen LogP contribution in [0.1, 0.15) is 32.1 Å². The number of carboxylic acids is 1. The largest absolute Gasteiger partial charge is 0.481 e. The van der Waals surface area contributed by atoms with Crippen LogP contribution < -0.4 is 9.64 Å². The molecule has 0 aliphatic heterocycles. The Morgan fingerprint density at radius 1 is 1.33 bits per heavy atom. The summed E-state index contributed by atoms with van der Waals surface area (Å²) in [6.07, 6.45) is 4.95. The van der Waals surface area contributed by atoms with Gasteiger partial charge in [0.05, 0.1) is 0 Å². The van der Waals surface area contributed by atoms with Gasteiger partial charge in [-0.15, -0.1) is 0 Å². The zero-order chi connectivity index (χ0) is 19.4. The molecule has 0 spiro atoms. The van der Waals surface area contributed by atoms with E-state index < -0.39 is 17.6 Å². The summed E-state index contributed by atoms with van der Waals surface area (Å²) in [6.45, 7) is 0.223. The molecule has 8 heteroatoms. The fourth-order valence-corrected chi connectivity index (χ4v) is 2.84. The number of carbonyl (C=O) groups is 1. The number of hydrogen-bond acceptors (Lipinski definition) is 5. The maximum atomic E-state index is 14.5. The molecule has 1 heterocycles. The maximum absolute atomic E-state index is 14.5. The Hall–Kier alpha value is -2.77. The fourth-order valence-electron chi connectivity index (χ4n) is 2.84. The van der Waals surface area contributed by atoms with E-state index in [1.807, 2.05) is 0 Å². The Morgan fingerprint density at radius 2 is 2.04 bits per heavy atom. The van der Waals surface area contributed by atoms with Crippen molar-refractivity contribution in [2.45, 2.75) is 38.2 Å². The molecule has 1 saturated carbocycles. The standard InChI is InChI=1S/C19H21F2N3O3/c1-24(9-3-6-17(25)26)18-14(20)10-12(11-15(18)21)19-22-8-7-16(23-19)27-13-4-2-5-13/h7-8,10-11,13H,2-6,9H2,1H3,(H,25,26). The molecule has 1 aliphatic carbocycles. The minimum atomic E-state index is -0.944. The summed E-state index contributed by atoms with van der Waals surface area (Å²) >= 11 is 0. The molecule has 0 unspecified atom stereocenters. The van der Waals surface area contributed by atoms with E-state index in [2.05, 4.69) is 9.97 Å². The van der Waals surface area contributed by atoms with Gasteiger partial charge in [0.25, 0.3) is 0 Å². The monoisotopic (exact) mass is 377 g/mol. The van der Waals surface area contributed by atoms with Crippen LogP contribution in [0.3, 0.4) is 0 Å². The first-order chi connectivity index (χ1) is 12.9. The summed E-state index contributed by atoms with van der Waals surface area (Å²) in [5, 5.41) is 8.67. The average molecular weight is 377 g/mol. The number of ether oxygens (including phenoxy) is 1. The molecule has 1 fully saturated rings. The smallest absolute Gasteiger partial charge is 0.303 e. The second kappa shape index (κ2) is 8.28. The first-order valence-electron chi connectivity index (χ1n) is 8.86. The topological polar surface area (TPSA) is 75.6 Å². The third-order valence-corrected chi connectivity index (χ3v) is 4.51. The normalized spacial score (nSPS) is 13.9. The van der Waals surface area contributed by atoms with Crippen molar-refractivity contribution >= 4 is 11.7 Å². The number of hydrogen-bond donors (Lipinski definition) is 1. The Kier molecular flexibility index (Phi) is 5.83. The summed E-state index contributed by atoms with van der Waals surface area (Å²) in [4.78, 5) is 20.3. The van der Waals surface area contributed by atoms with Crippen molar-refractivity contribution < 1.29 is 23.4 Å². The predicted molar refractivity (Wildman–Crippen MR) is 95.8 cm³/mol. The van der Waals surface area contributed by atoms with Crippen molar-refractivity contribution in [1.29, 1.82) is 0 Å². The maximum Gasteiger partial charge on any atom is 0.303 e. The molecule has 0 atom stereocenters. The Balaban J connectivity index is 1.77. The summed E-state index contributed by atoms with van der Waals surface area (Å²) in [5.41, 5.74) is 0.0118. The zero-order valence-electron chi connectivity index (χ0n) is 15.0. The van der Waals surface area contributed by atoms with E-state index in [9.17, 15) is 13.6 Å². The fraction of sp³-hybridized carbons (Fsp3) is 0.421. The SMILES string of the molecule is CN(CCCC(=O)O)c1c(F)cc(-c2nccc(OC3CCC3)n2)cc1F. The lowest BCUT2D eigenvalue weighted by atomic mass is 9.96. The van der Waals surface area contributed by atoms with Crippen LogP contribution in [0.25, 0.3) is 11.4 Å². The minimum absolute atomic E-state index is 0.0622. The van der Waals surface area contributed by atoms with Crippen molar-refractivity contribution in [3.8, 4) is 17.3 Å². The number of anilines is 1. The van der Waals surface area contributed by atoms with E-state index in [1.54, 1.807) is 6.07 Å². The van der Waals surface area contributed by atoms with Gasteiger partial charge in [0.15, 0.2) is 5.82 Å². The third-order valence-electron chi connectivity index (χ3n) is 4.51. The van der Waals surface area contributed by atoms with Gasteiger partial charge in [0.1, 0.15) is 23.4 Å². The number of aliphatic carboxylic acids is 1. The highest BCUT2D eigenvalue weighted by atomic mass is 19.1. The molecule has 0 amide bonds. The van der Waals surface area contributed by atoms with E-state index in [4.69, 9.17) is 9.84 Å². The lowest BCUT2D eigenvalue weighted by Crippen LogP contribution is -2.25. The molecule has 1 aliphatic rings. The third kappa shape index (κ3) is 4.69. The van der Waals surface area contributed by atoms with Crippen molar-refractivity contribution in [3.05, 3.63) is 36.0 Å². The van der Waals surface area contributed by atoms with Crippen LogP contribution in [0.5, 0.6) is 5.88 Å². The first-order valence-corrected chi connectivity index (χ1v) is 8.86. The van der Waals surface area contributed by atoms with Gasteiger partial charge in [-0.25, -0.2) is 13.8 Å². The molecular weight excluding hydrogens is 356 g/mol. The molecule has 3 rings (SSSR count). The van der Waals surface area contributed by atoms with E-state index in [0.717, 1.165) is 19.3 Å². The van der Waals surface area contributed by atoms with Crippen LogP contribution in [0.15, 0.2) is 24.4 Å². The predicted octanol–water partition coefficient (Wildman–Crippen LogP) is 3.65. The Bertz CT molecular complexity index is 805. The van der Waals surface area contributed by atoms with E-state index >= 15 is 0 Å². The molecule has 0 saturated heterocycles.